The number of halogens is 1. The van der Waals surface area contributed by atoms with Crippen molar-refractivity contribution in [1.29, 1.82) is 0 Å². The van der Waals surface area contributed by atoms with Crippen LogP contribution in [0.15, 0.2) is 59.2 Å². The van der Waals surface area contributed by atoms with Gasteiger partial charge in [-0.05, 0) is 42.8 Å². The molecule has 29 heavy (non-hydrogen) atoms. The zero-order valence-electron chi connectivity index (χ0n) is 15.4. The van der Waals surface area contributed by atoms with Gasteiger partial charge in [-0.2, -0.15) is 10.1 Å². The van der Waals surface area contributed by atoms with E-state index in [0.29, 0.717) is 27.7 Å². The van der Waals surface area contributed by atoms with Crippen molar-refractivity contribution < 1.29 is 19.1 Å². The molecule has 2 aliphatic heterocycles. The molecule has 1 atom stereocenters. The summed E-state index contributed by atoms with van der Waals surface area (Å²) in [6, 6.07) is 13.9. The first-order valence-corrected chi connectivity index (χ1v) is 9.27. The smallest absolute Gasteiger partial charge is 0.283 e. The first-order chi connectivity index (χ1) is 13.9. The number of ether oxygens (including phenoxy) is 1. The molecule has 2 aromatic carbocycles. The summed E-state index contributed by atoms with van der Waals surface area (Å²) < 4.78 is 5.62. The Kier molecular flexibility index (Phi) is 4.90. The van der Waals surface area contributed by atoms with E-state index in [0.717, 1.165) is 10.6 Å². The van der Waals surface area contributed by atoms with E-state index >= 15 is 0 Å². The van der Waals surface area contributed by atoms with E-state index in [1.807, 2.05) is 0 Å². The standard InChI is InChI=1S/C21H16ClN3O4/c1-12-15(10-13-6-8-14(22)9-7-13)21(28)25(24-12)19(26)11-18-20(27)23-16-4-2-3-5-17(16)29-18/h2-10,18H,11H2,1H3,(H,23,27)/b15-10-. The molecule has 4 rings (SSSR count). The highest BCUT2D eigenvalue weighted by Gasteiger charge is 2.36. The molecule has 7 nitrogen and oxygen atoms in total. The Balaban J connectivity index is 1.49. The molecule has 0 fully saturated rings. The van der Waals surface area contributed by atoms with Crippen LogP contribution in [0.4, 0.5) is 5.69 Å². The number of nitrogens with one attached hydrogen (secondary N) is 1. The highest BCUT2D eigenvalue weighted by Crippen LogP contribution is 2.30. The molecule has 0 spiro atoms. The van der Waals surface area contributed by atoms with Crippen LogP contribution in [-0.2, 0) is 14.4 Å². The van der Waals surface area contributed by atoms with Crippen LogP contribution in [-0.4, -0.2) is 34.5 Å². The van der Waals surface area contributed by atoms with Crippen LogP contribution >= 0.6 is 11.6 Å². The van der Waals surface area contributed by atoms with E-state index in [-0.39, 0.29) is 6.42 Å². The van der Waals surface area contributed by atoms with Gasteiger partial charge in [0.05, 0.1) is 23.4 Å². The Morgan fingerprint density at radius 1 is 1.21 bits per heavy atom. The van der Waals surface area contributed by atoms with E-state index in [4.69, 9.17) is 16.3 Å². The number of benzene rings is 2. The molecule has 1 unspecified atom stereocenters. The average molecular weight is 410 g/mol. The summed E-state index contributed by atoms with van der Waals surface area (Å²) in [7, 11) is 0. The lowest BCUT2D eigenvalue weighted by Gasteiger charge is -2.25. The number of hydrogen-bond donors (Lipinski definition) is 1. The zero-order valence-corrected chi connectivity index (χ0v) is 16.1. The number of nitrogens with zero attached hydrogens (tertiary/aromatic N) is 2. The van der Waals surface area contributed by atoms with E-state index in [2.05, 4.69) is 10.4 Å². The van der Waals surface area contributed by atoms with Crippen molar-refractivity contribution in [3.63, 3.8) is 0 Å². The van der Waals surface area contributed by atoms with Crippen LogP contribution in [0.5, 0.6) is 5.75 Å². The Hall–Kier alpha value is -3.45. The van der Waals surface area contributed by atoms with Crippen molar-refractivity contribution >= 4 is 46.8 Å². The van der Waals surface area contributed by atoms with Crippen LogP contribution in [0.25, 0.3) is 6.08 Å². The van der Waals surface area contributed by atoms with Crippen LogP contribution in [0, 0.1) is 0 Å². The molecule has 2 heterocycles. The molecule has 2 aromatic rings. The van der Waals surface area contributed by atoms with E-state index < -0.39 is 23.8 Å². The predicted octanol–water partition coefficient (Wildman–Crippen LogP) is 3.26. The summed E-state index contributed by atoms with van der Waals surface area (Å²) in [5, 5.41) is 8.13. The summed E-state index contributed by atoms with van der Waals surface area (Å²) in [6.45, 7) is 1.65. The molecule has 0 radical (unpaired) electrons. The van der Waals surface area contributed by atoms with Gasteiger partial charge in [0.25, 0.3) is 17.7 Å². The van der Waals surface area contributed by atoms with Crippen molar-refractivity contribution in [1.82, 2.24) is 5.01 Å². The van der Waals surface area contributed by atoms with Crippen molar-refractivity contribution in [3.8, 4) is 5.75 Å². The van der Waals surface area contributed by atoms with Gasteiger partial charge >= 0.3 is 0 Å². The van der Waals surface area contributed by atoms with Gasteiger partial charge in [0.1, 0.15) is 5.75 Å². The van der Waals surface area contributed by atoms with E-state index in [9.17, 15) is 14.4 Å². The fourth-order valence-electron chi connectivity index (χ4n) is 3.05. The predicted molar refractivity (Wildman–Crippen MR) is 108 cm³/mol. The third kappa shape index (κ3) is 3.77. The van der Waals surface area contributed by atoms with E-state index in [1.54, 1.807) is 61.5 Å². The maximum absolute atomic E-state index is 12.7. The Bertz CT molecular complexity index is 1080. The number of fused-ring (bicyclic) bond motifs is 1. The first-order valence-electron chi connectivity index (χ1n) is 8.89. The number of anilines is 1. The second-order valence-corrected chi connectivity index (χ2v) is 7.04. The summed E-state index contributed by atoms with van der Waals surface area (Å²) in [5.41, 5.74) is 2.02. The molecule has 0 saturated carbocycles. The monoisotopic (exact) mass is 409 g/mol. The van der Waals surface area contributed by atoms with Crippen molar-refractivity contribution in [2.45, 2.75) is 19.4 Å². The van der Waals surface area contributed by atoms with E-state index in [1.165, 1.54) is 0 Å². The second-order valence-electron chi connectivity index (χ2n) is 6.60. The zero-order chi connectivity index (χ0) is 20.5. The number of hydrogen-bond acceptors (Lipinski definition) is 5. The third-order valence-corrected chi connectivity index (χ3v) is 4.80. The van der Waals surface area contributed by atoms with Gasteiger partial charge in [0.2, 0.25) is 0 Å². The number of imide groups is 1. The Labute approximate surface area is 171 Å². The number of amides is 3. The quantitative estimate of drug-likeness (QED) is 0.788. The topological polar surface area (TPSA) is 88.1 Å². The maximum Gasteiger partial charge on any atom is 0.283 e. The molecule has 0 saturated heterocycles. The minimum absolute atomic E-state index is 0.306. The molecule has 2 aliphatic rings. The fourth-order valence-corrected chi connectivity index (χ4v) is 3.18. The van der Waals surface area contributed by atoms with Gasteiger partial charge in [0, 0.05) is 5.02 Å². The van der Waals surface area contributed by atoms with Gasteiger partial charge in [-0.3, -0.25) is 14.4 Å². The molecule has 146 valence electrons. The second kappa shape index (κ2) is 7.52. The van der Waals surface area contributed by atoms with Gasteiger partial charge in [0.15, 0.2) is 6.10 Å². The fraction of sp³-hybridized carbons (Fsp3) is 0.143. The summed E-state index contributed by atoms with van der Waals surface area (Å²) in [6.07, 6.45) is 0.298. The summed E-state index contributed by atoms with van der Waals surface area (Å²) in [5.74, 6) is -1.13. The van der Waals surface area contributed by atoms with Crippen molar-refractivity contribution in [2.24, 2.45) is 5.10 Å². The number of carbonyl (C=O) groups excluding carboxylic acids is 3. The number of hydrazone groups is 1. The highest BCUT2D eigenvalue weighted by molar-refractivity contribution is 6.31. The molecule has 0 aromatic heterocycles. The number of rotatable bonds is 3. The molecule has 8 heteroatoms. The minimum atomic E-state index is -1.04. The lowest BCUT2D eigenvalue weighted by atomic mass is 10.1. The van der Waals surface area contributed by atoms with Crippen LogP contribution in [0.2, 0.25) is 5.02 Å². The van der Waals surface area contributed by atoms with Crippen LogP contribution in [0.1, 0.15) is 18.9 Å². The number of carbonyl (C=O) groups is 3. The van der Waals surface area contributed by atoms with Crippen molar-refractivity contribution in [2.75, 3.05) is 5.32 Å². The summed E-state index contributed by atoms with van der Waals surface area (Å²) >= 11 is 5.88. The number of para-hydroxylation sites is 2. The van der Waals surface area contributed by atoms with Crippen molar-refractivity contribution in [3.05, 3.63) is 64.7 Å². The first kappa shape index (κ1) is 18.9. The average Bonchev–Trinajstić information content (AvgIpc) is 2.98. The Morgan fingerprint density at radius 3 is 2.69 bits per heavy atom. The molecule has 0 bridgehead atoms. The molecule has 3 amide bonds. The lowest BCUT2D eigenvalue weighted by molar-refractivity contribution is -0.144. The third-order valence-electron chi connectivity index (χ3n) is 4.55. The molecule has 1 N–H and O–H groups in total. The summed E-state index contributed by atoms with van der Waals surface area (Å²) in [4.78, 5) is 37.6. The minimum Gasteiger partial charge on any atom is -0.478 e. The SMILES string of the molecule is CC1=NN(C(=O)CC2Oc3ccccc3NC2=O)C(=O)/C1=C\c1ccc(Cl)cc1. The highest BCUT2D eigenvalue weighted by atomic mass is 35.5. The largest absolute Gasteiger partial charge is 0.478 e. The molecular formula is C21H16ClN3O4. The lowest BCUT2D eigenvalue weighted by Crippen LogP contribution is -2.41. The van der Waals surface area contributed by atoms with Gasteiger partial charge in [-0.15, -0.1) is 0 Å². The van der Waals surface area contributed by atoms with Gasteiger partial charge in [-0.1, -0.05) is 35.9 Å². The maximum atomic E-state index is 12.7. The molecule has 0 aliphatic carbocycles. The van der Waals surface area contributed by atoms with Gasteiger partial charge < -0.3 is 10.1 Å². The Morgan fingerprint density at radius 2 is 1.93 bits per heavy atom. The van der Waals surface area contributed by atoms with Gasteiger partial charge in [-0.25, -0.2) is 0 Å². The molecular weight excluding hydrogens is 394 g/mol. The normalized spacial score (nSPS) is 19.5. The van der Waals surface area contributed by atoms with Crippen LogP contribution in [0.3, 0.4) is 0 Å². The van der Waals surface area contributed by atoms with Crippen LogP contribution < -0.4 is 10.1 Å².